The molecule has 0 saturated carbocycles. The van der Waals surface area contributed by atoms with Crippen LogP contribution >= 0.6 is 0 Å². The third kappa shape index (κ3) is 4.93. The molecule has 0 radical (unpaired) electrons. The maximum atomic E-state index is 11.9. The maximum absolute atomic E-state index is 11.9. The van der Waals surface area contributed by atoms with E-state index in [0.29, 0.717) is 12.8 Å². The van der Waals surface area contributed by atoms with Gasteiger partial charge in [0.1, 0.15) is 4.92 Å². The van der Waals surface area contributed by atoms with E-state index in [1.807, 2.05) is 30.3 Å². The van der Waals surface area contributed by atoms with Crippen LogP contribution in [-0.4, -0.2) is 28.1 Å². The monoisotopic (exact) mass is 318 g/mol. The molecule has 23 heavy (non-hydrogen) atoms. The molecule has 0 saturated heterocycles. The number of rotatable bonds is 7. The van der Waals surface area contributed by atoms with Crippen molar-refractivity contribution in [1.29, 1.82) is 0 Å². The first-order valence-electron chi connectivity index (χ1n) is 7.16. The van der Waals surface area contributed by atoms with Gasteiger partial charge in [0.2, 0.25) is 0 Å². The summed E-state index contributed by atoms with van der Waals surface area (Å²) in [6.45, 7) is 1.65. The predicted molar refractivity (Wildman–Crippen MR) is 83.1 cm³/mol. The van der Waals surface area contributed by atoms with Gasteiger partial charge in [-0.05, 0) is 31.4 Å². The Kier molecular flexibility index (Phi) is 5.13. The molecule has 0 bridgehead atoms. The third-order valence-corrected chi connectivity index (χ3v) is 3.42. The molecule has 1 heterocycles. The van der Waals surface area contributed by atoms with Crippen LogP contribution in [0.4, 0.5) is 5.88 Å². The molecule has 7 nitrogen and oxygen atoms in total. The van der Waals surface area contributed by atoms with Crippen LogP contribution in [0.1, 0.15) is 29.5 Å². The van der Waals surface area contributed by atoms with Gasteiger partial charge < -0.3 is 14.8 Å². The Morgan fingerprint density at radius 2 is 2.00 bits per heavy atom. The molecular weight excluding hydrogens is 300 g/mol. The standard InChI is InChI=1S/C16H18N2O5/c1-16(20,10-9-12-5-3-2-4-6-12)11-17-15(19)13-7-8-14(23-13)18(21)22/h2-8,20H,9-11H2,1H3,(H,17,19). The number of benzene rings is 1. The van der Waals surface area contributed by atoms with E-state index in [2.05, 4.69) is 5.32 Å². The van der Waals surface area contributed by atoms with E-state index in [4.69, 9.17) is 4.42 Å². The lowest BCUT2D eigenvalue weighted by Gasteiger charge is -2.23. The van der Waals surface area contributed by atoms with Crippen LogP contribution in [0.3, 0.4) is 0 Å². The van der Waals surface area contributed by atoms with Crippen LogP contribution in [0.15, 0.2) is 46.9 Å². The first-order valence-corrected chi connectivity index (χ1v) is 7.16. The Balaban J connectivity index is 1.85. The van der Waals surface area contributed by atoms with Crippen molar-refractivity contribution in [2.24, 2.45) is 0 Å². The summed E-state index contributed by atoms with van der Waals surface area (Å²) in [6.07, 6.45) is 1.14. The molecular formula is C16H18N2O5. The number of aryl methyl sites for hydroxylation is 1. The first-order chi connectivity index (χ1) is 10.9. The third-order valence-electron chi connectivity index (χ3n) is 3.42. The number of furan rings is 1. The molecule has 0 aliphatic heterocycles. The maximum Gasteiger partial charge on any atom is 0.433 e. The van der Waals surface area contributed by atoms with Crippen LogP contribution < -0.4 is 5.32 Å². The van der Waals surface area contributed by atoms with Crippen LogP contribution in [0.5, 0.6) is 0 Å². The molecule has 1 unspecified atom stereocenters. The number of nitrogens with zero attached hydrogens (tertiary/aromatic N) is 1. The molecule has 122 valence electrons. The molecule has 0 spiro atoms. The van der Waals surface area contributed by atoms with Gasteiger partial charge in [-0.2, -0.15) is 0 Å². The minimum absolute atomic E-state index is 0.0210. The van der Waals surface area contributed by atoms with Crippen molar-refractivity contribution in [3.8, 4) is 0 Å². The highest BCUT2D eigenvalue weighted by Gasteiger charge is 2.23. The van der Waals surface area contributed by atoms with Gasteiger partial charge in [0.15, 0.2) is 5.76 Å². The Morgan fingerprint density at radius 3 is 2.61 bits per heavy atom. The van der Waals surface area contributed by atoms with Gasteiger partial charge in [-0.1, -0.05) is 30.3 Å². The molecule has 1 atom stereocenters. The Hall–Kier alpha value is -2.67. The van der Waals surface area contributed by atoms with Crippen molar-refractivity contribution < 1.29 is 19.2 Å². The zero-order valence-corrected chi connectivity index (χ0v) is 12.7. The Bertz CT molecular complexity index is 679. The molecule has 0 aliphatic carbocycles. The topological polar surface area (TPSA) is 106 Å². The summed E-state index contributed by atoms with van der Waals surface area (Å²) in [5.74, 6) is -1.25. The Morgan fingerprint density at radius 1 is 1.30 bits per heavy atom. The lowest BCUT2D eigenvalue weighted by molar-refractivity contribution is -0.402. The van der Waals surface area contributed by atoms with E-state index in [1.165, 1.54) is 6.07 Å². The molecule has 2 aromatic rings. The van der Waals surface area contributed by atoms with Crippen molar-refractivity contribution in [3.05, 3.63) is 63.9 Å². The molecule has 2 rings (SSSR count). The van der Waals surface area contributed by atoms with Gasteiger partial charge in [-0.25, -0.2) is 0 Å². The molecule has 1 aromatic carbocycles. The van der Waals surface area contributed by atoms with Crippen molar-refractivity contribution in [2.45, 2.75) is 25.4 Å². The minimum atomic E-state index is -1.09. The molecule has 2 N–H and O–H groups in total. The highest BCUT2D eigenvalue weighted by molar-refractivity contribution is 5.91. The fourth-order valence-corrected chi connectivity index (χ4v) is 2.05. The molecule has 7 heteroatoms. The van der Waals surface area contributed by atoms with E-state index in [9.17, 15) is 20.0 Å². The second-order valence-corrected chi connectivity index (χ2v) is 5.56. The number of carbonyl (C=O) groups excluding carboxylic acids is 1. The van der Waals surface area contributed by atoms with Gasteiger partial charge in [-0.15, -0.1) is 0 Å². The van der Waals surface area contributed by atoms with Gasteiger partial charge in [0, 0.05) is 6.54 Å². The number of hydrogen-bond acceptors (Lipinski definition) is 5. The van der Waals surface area contributed by atoms with Gasteiger partial charge in [0.05, 0.1) is 11.7 Å². The van der Waals surface area contributed by atoms with Gasteiger partial charge in [-0.3, -0.25) is 14.9 Å². The normalized spacial score (nSPS) is 13.3. The average Bonchev–Trinajstić information content (AvgIpc) is 3.02. The van der Waals surface area contributed by atoms with Crippen LogP contribution in [-0.2, 0) is 6.42 Å². The summed E-state index contributed by atoms with van der Waals surface area (Å²) < 4.78 is 4.81. The fraction of sp³-hybridized carbons (Fsp3) is 0.312. The molecule has 1 aromatic heterocycles. The summed E-state index contributed by atoms with van der Waals surface area (Å²) in [5, 5.41) is 23.3. The predicted octanol–water partition coefficient (Wildman–Crippen LogP) is 2.30. The van der Waals surface area contributed by atoms with E-state index >= 15 is 0 Å². The molecule has 0 fully saturated rings. The van der Waals surface area contributed by atoms with E-state index in [-0.39, 0.29) is 12.3 Å². The SMILES string of the molecule is CC(O)(CCc1ccccc1)CNC(=O)c1ccc([N+](=O)[O-])o1. The van der Waals surface area contributed by atoms with Gasteiger partial charge >= 0.3 is 5.88 Å². The smallest absolute Gasteiger partial charge is 0.395 e. The molecule has 1 amide bonds. The zero-order chi connectivity index (χ0) is 16.9. The fourth-order valence-electron chi connectivity index (χ4n) is 2.05. The Labute approximate surface area is 133 Å². The lowest BCUT2D eigenvalue weighted by Crippen LogP contribution is -2.40. The highest BCUT2D eigenvalue weighted by atomic mass is 16.6. The zero-order valence-electron chi connectivity index (χ0n) is 12.7. The quantitative estimate of drug-likeness (QED) is 0.602. The summed E-state index contributed by atoms with van der Waals surface area (Å²) in [7, 11) is 0. The minimum Gasteiger partial charge on any atom is -0.395 e. The number of hydrogen-bond donors (Lipinski definition) is 2. The van der Waals surface area contributed by atoms with Crippen LogP contribution in [0.25, 0.3) is 0 Å². The van der Waals surface area contributed by atoms with Gasteiger partial charge in [0.25, 0.3) is 5.91 Å². The average molecular weight is 318 g/mol. The van der Waals surface area contributed by atoms with Crippen LogP contribution in [0.2, 0.25) is 0 Å². The summed E-state index contributed by atoms with van der Waals surface area (Å²) >= 11 is 0. The lowest BCUT2D eigenvalue weighted by atomic mass is 9.97. The summed E-state index contributed by atoms with van der Waals surface area (Å²) in [6, 6.07) is 12.1. The van der Waals surface area contributed by atoms with Crippen molar-refractivity contribution >= 4 is 11.8 Å². The molecule has 0 aliphatic rings. The number of aliphatic hydroxyl groups is 1. The van der Waals surface area contributed by atoms with Crippen LogP contribution in [0, 0.1) is 10.1 Å². The second kappa shape index (κ2) is 7.06. The second-order valence-electron chi connectivity index (χ2n) is 5.56. The van der Waals surface area contributed by atoms with Crippen molar-refractivity contribution in [2.75, 3.05) is 6.54 Å². The van der Waals surface area contributed by atoms with E-state index < -0.39 is 22.3 Å². The summed E-state index contributed by atoms with van der Waals surface area (Å²) in [5.41, 5.74) is 0.00470. The van der Waals surface area contributed by atoms with E-state index in [1.54, 1.807) is 6.92 Å². The number of nitro groups is 1. The highest BCUT2D eigenvalue weighted by Crippen LogP contribution is 2.16. The largest absolute Gasteiger partial charge is 0.433 e. The van der Waals surface area contributed by atoms with E-state index in [0.717, 1.165) is 11.6 Å². The number of carbonyl (C=O) groups is 1. The number of nitrogens with one attached hydrogen (secondary N) is 1. The van der Waals surface area contributed by atoms with Crippen molar-refractivity contribution in [1.82, 2.24) is 5.32 Å². The summed E-state index contributed by atoms with van der Waals surface area (Å²) in [4.78, 5) is 21.7. The number of amides is 1. The van der Waals surface area contributed by atoms with Crippen molar-refractivity contribution in [3.63, 3.8) is 0 Å². The first kappa shape index (κ1) is 16.7.